The van der Waals surface area contributed by atoms with Gasteiger partial charge in [0.25, 0.3) is 0 Å². The molecule has 0 aromatic heterocycles. The summed E-state index contributed by atoms with van der Waals surface area (Å²) in [7, 11) is 0. The molecule has 0 unspecified atom stereocenters. The fraction of sp³-hybridized carbons (Fsp3) is 0.529. The molecule has 1 fully saturated rings. The lowest BCUT2D eigenvalue weighted by atomic mass is 9.74. The monoisotopic (exact) mass is 241 g/mol. The lowest BCUT2D eigenvalue weighted by molar-refractivity contribution is 0.289. The Hall–Kier alpha value is -1.26. The third-order valence-electron chi connectivity index (χ3n) is 3.95. The van der Waals surface area contributed by atoms with Gasteiger partial charge in [-0.25, -0.2) is 0 Å². The zero-order chi connectivity index (χ0) is 12.8. The molecule has 0 heterocycles. The van der Waals surface area contributed by atoms with Crippen LogP contribution in [0.5, 0.6) is 0 Å². The van der Waals surface area contributed by atoms with Gasteiger partial charge in [-0.15, -0.1) is 12.3 Å². The molecule has 1 aromatic rings. The molecule has 1 aliphatic rings. The molecule has 0 aliphatic heterocycles. The first-order valence-electron chi connectivity index (χ1n) is 7.03. The number of terminal acetylenes is 1. The summed E-state index contributed by atoms with van der Waals surface area (Å²) in [5.74, 6) is 3.46. The molecule has 1 aromatic carbocycles. The van der Waals surface area contributed by atoms with E-state index in [9.17, 15) is 0 Å². The Balaban J connectivity index is 1.65. The Kier molecular flexibility index (Phi) is 4.84. The summed E-state index contributed by atoms with van der Waals surface area (Å²) in [4.78, 5) is 0. The number of hydrogen-bond donors (Lipinski definition) is 1. The van der Waals surface area contributed by atoms with Crippen molar-refractivity contribution in [2.75, 3.05) is 6.54 Å². The van der Waals surface area contributed by atoms with Crippen molar-refractivity contribution in [3.05, 3.63) is 35.4 Å². The van der Waals surface area contributed by atoms with Crippen LogP contribution in [0, 0.1) is 19.3 Å². The second kappa shape index (κ2) is 6.61. The second-order valence-corrected chi connectivity index (χ2v) is 5.34. The smallest absolute Gasteiger partial charge is 0.00865 e. The third kappa shape index (κ3) is 3.37. The van der Waals surface area contributed by atoms with Crippen LogP contribution in [-0.2, 0) is 0 Å². The summed E-state index contributed by atoms with van der Waals surface area (Å²) >= 11 is 0. The van der Waals surface area contributed by atoms with Crippen molar-refractivity contribution in [2.45, 2.75) is 51.0 Å². The number of nitrogens with one attached hydrogen (secondary N) is 1. The highest BCUT2D eigenvalue weighted by Crippen LogP contribution is 2.38. The molecule has 1 heteroatoms. The van der Waals surface area contributed by atoms with Crippen molar-refractivity contribution in [1.82, 2.24) is 5.32 Å². The SMILES string of the molecule is C#CCCCCNC1CC(c2ccccc2C)C1. The zero-order valence-corrected chi connectivity index (χ0v) is 11.3. The summed E-state index contributed by atoms with van der Waals surface area (Å²) in [6.07, 6.45) is 11.1. The number of aryl methyl sites for hydroxylation is 1. The molecule has 0 saturated heterocycles. The maximum atomic E-state index is 5.23. The van der Waals surface area contributed by atoms with Gasteiger partial charge < -0.3 is 5.32 Å². The topological polar surface area (TPSA) is 12.0 Å². The van der Waals surface area contributed by atoms with Crippen LogP contribution in [0.25, 0.3) is 0 Å². The maximum absolute atomic E-state index is 5.23. The van der Waals surface area contributed by atoms with E-state index < -0.39 is 0 Å². The summed E-state index contributed by atoms with van der Waals surface area (Å²) in [6.45, 7) is 3.34. The molecular formula is C17H23N. The van der Waals surface area contributed by atoms with Crippen molar-refractivity contribution < 1.29 is 0 Å². The highest BCUT2D eigenvalue weighted by Gasteiger charge is 2.30. The molecule has 1 nitrogen and oxygen atoms in total. The molecule has 0 bridgehead atoms. The first-order valence-corrected chi connectivity index (χ1v) is 7.03. The van der Waals surface area contributed by atoms with Crippen LogP contribution in [0.1, 0.15) is 49.1 Å². The average Bonchev–Trinajstić information content (AvgIpc) is 2.33. The van der Waals surface area contributed by atoms with E-state index in [1.165, 1.54) is 24.8 Å². The third-order valence-corrected chi connectivity index (χ3v) is 3.95. The van der Waals surface area contributed by atoms with Gasteiger partial charge in [0.1, 0.15) is 0 Å². The minimum Gasteiger partial charge on any atom is -0.314 e. The van der Waals surface area contributed by atoms with E-state index >= 15 is 0 Å². The normalized spacial score (nSPS) is 22.2. The van der Waals surface area contributed by atoms with Crippen LogP contribution in [0.3, 0.4) is 0 Å². The van der Waals surface area contributed by atoms with Crippen molar-refractivity contribution in [1.29, 1.82) is 0 Å². The van der Waals surface area contributed by atoms with Crippen molar-refractivity contribution >= 4 is 0 Å². The van der Waals surface area contributed by atoms with Gasteiger partial charge in [-0.05, 0) is 56.2 Å². The second-order valence-electron chi connectivity index (χ2n) is 5.34. The van der Waals surface area contributed by atoms with E-state index in [-0.39, 0.29) is 0 Å². The fourth-order valence-electron chi connectivity index (χ4n) is 2.74. The molecular weight excluding hydrogens is 218 g/mol. The maximum Gasteiger partial charge on any atom is 0.00865 e. The first kappa shape index (κ1) is 13.2. The molecule has 1 saturated carbocycles. The van der Waals surface area contributed by atoms with Gasteiger partial charge >= 0.3 is 0 Å². The molecule has 0 radical (unpaired) electrons. The molecule has 1 N–H and O–H groups in total. The van der Waals surface area contributed by atoms with Gasteiger partial charge in [-0.1, -0.05) is 24.3 Å². The minimum absolute atomic E-state index is 0.723. The Labute approximate surface area is 111 Å². The molecule has 0 atom stereocenters. The highest BCUT2D eigenvalue weighted by molar-refractivity contribution is 5.31. The molecule has 0 amide bonds. The van der Waals surface area contributed by atoms with E-state index in [4.69, 9.17) is 6.42 Å². The Morgan fingerprint density at radius 1 is 1.28 bits per heavy atom. The Bertz CT molecular complexity index is 410. The lowest BCUT2D eigenvalue weighted by Gasteiger charge is -2.37. The van der Waals surface area contributed by atoms with E-state index in [2.05, 4.69) is 42.4 Å². The number of unbranched alkanes of at least 4 members (excludes halogenated alkanes) is 2. The summed E-state index contributed by atoms with van der Waals surface area (Å²) in [5, 5.41) is 3.63. The Morgan fingerprint density at radius 3 is 2.78 bits per heavy atom. The average molecular weight is 241 g/mol. The number of benzene rings is 1. The predicted octanol–water partition coefficient (Wildman–Crippen LogP) is 3.63. The van der Waals surface area contributed by atoms with E-state index in [1.807, 2.05) is 0 Å². The summed E-state index contributed by atoms with van der Waals surface area (Å²) < 4.78 is 0. The molecule has 1 aliphatic carbocycles. The standard InChI is InChI=1S/C17H23N/c1-3-4-5-8-11-18-16-12-15(13-16)17-10-7-6-9-14(17)2/h1,6-7,9-10,15-16,18H,4-5,8,11-13H2,2H3. The number of hydrogen-bond acceptors (Lipinski definition) is 1. The van der Waals surface area contributed by atoms with Gasteiger partial charge in [0.05, 0.1) is 0 Å². The van der Waals surface area contributed by atoms with Gasteiger partial charge in [-0.3, -0.25) is 0 Å². The quantitative estimate of drug-likeness (QED) is 0.592. The van der Waals surface area contributed by atoms with Crippen molar-refractivity contribution in [3.8, 4) is 12.3 Å². The van der Waals surface area contributed by atoms with Crippen LogP contribution in [0.2, 0.25) is 0 Å². The van der Waals surface area contributed by atoms with Gasteiger partial charge in [-0.2, -0.15) is 0 Å². The van der Waals surface area contributed by atoms with Crippen LogP contribution in [0.15, 0.2) is 24.3 Å². The largest absolute Gasteiger partial charge is 0.314 e. The van der Waals surface area contributed by atoms with Gasteiger partial charge in [0.2, 0.25) is 0 Å². The van der Waals surface area contributed by atoms with E-state index in [0.717, 1.165) is 31.3 Å². The van der Waals surface area contributed by atoms with Crippen molar-refractivity contribution in [2.24, 2.45) is 0 Å². The van der Waals surface area contributed by atoms with E-state index in [0.29, 0.717) is 0 Å². The molecule has 2 rings (SSSR count). The summed E-state index contributed by atoms with van der Waals surface area (Å²) in [5.41, 5.74) is 2.98. The Morgan fingerprint density at radius 2 is 2.06 bits per heavy atom. The summed E-state index contributed by atoms with van der Waals surface area (Å²) in [6, 6.07) is 9.50. The van der Waals surface area contributed by atoms with Gasteiger partial charge in [0.15, 0.2) is 0 Å². The lowest BCUT2D eigenvalue weighted by Crippen LogP contribution is -2.40. The minimum atomic E-state index is 0.723. The molecule has 96 valence electrons. The van der Waals surface area contributed by atoms with Crippen LogP contribution >= 0.6 is 0 Å². The van der Waals surface area contributed by atoms with Crippen LogP contribution in [0.4, 0.5) is 0 Å². The predicted molar refractivity (Wildman–Crippen MR) is 77.6 cm³/mol. The highest BCUT2D eigenvalue weighted by atomic mass is 14.9. The van der Waals surface area contributed by atoms with E-state index in [1.54, 1.807) is 5.56 Å². The fourth-order valence-corrected chi connectivity index (χ4v) is 2.74. The van der Waals surface area contributed by atoms with Crippen LogP contribution < -0.4 is 5.32 Å². The van der Waals surface area contributed by atoms with Crippen LogP contribution in [-0.4, -0.2) is 12.6 Å². The van der Waals surface area contributed by atoms with Crippen molar-refractivity contribution in [3.63, 3.8) is 0 Å². The van der Waals surface area contributed by atoms with Gasteiger partial charge in [0, 0.05) is 12.5 Å². The zero-order valence-electron chi connectivity index (χ0n) is 11.3. The molecule has 18 heavy (non-hydrogen) atoms. The molecule has 0 spiro atoms. The first-order chi connectivity index (χ1) is 8.81. The number of rotatable bonds is 6.